The van der Waals surface area contributed by atoms with Gasteiger partial charge in [-0.05, 0) is 131 Å². The fourth-order valence-corrected chi connectivity index (χ4v) is 11.8. The summed E-state index contributed by atoms with van der Waals surface area (Å²) in [4.78, 5) is 7.99. The standard InChI is InChI=1S/C62H40N2/c1-2-14-39(15-3-1)40-26-29-46(30-27-40)64(47-31-33-51-50-21-9-12-24-56(50)62(57(51)38-47)54-22-10-7-19-48(54)49-20-8-11-23-55(49)62)61-52(59-37-43-18-6-13-25-58(43)63-59)32-28-44-35-45-34-41-16-4-5-17-42(41)36-53(45)60(44)61/h1-34,36,38H,35,37H2. The Morgan fingerprint density at radius 2 is 0.922 bits per heavy atom. The van der Waals surface area contributed by atoms with E-state index in [9.17, 15) is 0 Å². The molecule has 2 nitrogen and oxygen atoms in total. The Kier molecular flexibility index (Phi) is 7.47. The summed E-state index contributed by atoms with van der Waals surface area (Å²) < 4.78 is 0. The molecule has 0 saturated carbocycles. The molecule has 2 heteroatoms. The summed E-state index contributed by atoms with van der Waals surface area (Å²) in [6.07, 6.45) is 1.66. The van der Waals surface area contributed by atoms with E-state index in [1.165, 1.54) is 99.9 Å². The van der Waals surface area contributed by atoms with Gasteiger partial charge in [-0.25, -0.2) is 0 Å². The van der Waals surface area contributed by atoms with Crippen LogP contribution in [-0.4, -0.2) is 5.71 Å². The quantitative estimate of drug-likeness (QED) is 0.169. The number of benzene rings is 10. The molecular weight excluding hydrogens is 773 g/mol. The highest BCUT2D eigenvalue weighted by atomic mass is 15.1. The minimum atomic E-state index is -0.470. The Morgan fingerprint density at radius 1 is 0.359 bits per heavy atom. The van der Waals surface area contributed by atoms with Crippen molar-refractivity contribution in [1.29, 1.82) is 0 Å². The maximum atomic E-state index is 5.42. The third kappa shape index (κ3) is 4.94. The summed E-state index contributed by atoms with van der Waals surface area (Å²) >= 11 is 0. The van der Waals surface area contributed by atoms with Crippen molar-refractivity contribution in [3.63, 3.8) is 0 Å². The van der Waals surface area contributed by atoms with E-state index in [2.05, 4.69) is 223 Å². The van der Waals surface area contributed by atoms with Crippen molar-refractivity contribution in [1.82, 2.24) is 0 Å². The van der Waals surface area contributed by atoms with Crippen LogP contribution >= 0.6 is 0 Å². The van der Waals surface area contributed by atoms with Gasteiger partial charge in [0.2, 0.25) is 0 Å². The number of fused-ring (bicyclic) bond motifs is 15. The van der Waals surface area contributed by atoms with Gasteiger partial charge in [0.15, 0.2) is 0 Å². The molecule has 0 bridgehead atoms. The molecule has 14 rings (SSSR count). The first kappa shape index (κ1) is 35.5. The molecule has 298 valence electrons. The molecule has 0 fully saturated rings. The van der Waals surface area contributed by atoms with Gasteiger partial charge in [-0.15, -0.1) is 0 Å². The molecule has 10 aromatic rings. The second kappa shape index (κ2) is 13.5. The van der Waals surface area contributed by atoms with Gasteiger partial charge in [0.1, 0.15) is 0 Å². The number of rotatable bonds is 5. The van der Waals surface area contributed by atoms with E-state index in [0.29, 0.717) is 0 Å². The molecule has 0 aromatic heterocycles. The summed E-state index contributed by atoms with van der Waals surface area (Å²) in [6.45, 7) is 0. The van der Waals surface area contributed by atoms with Crippen LogP contribution in [0.2, 0.25) is 0 Å². The molecule has 10 aromatic carbocycles. The molecule has 4 aliphatic rings. The maximum Gasteiger partial charge on any atom is 0.0726 e. The number of nitrogens with zero attached hydrogens (tertiary/aromatic N) is 2. The lowest BCUT2D eigenvalue weighted by molar-refractivity contribution is 0.793. The SMILES string of the molecule is c1ccc(-c2ccc(N(c3ccc4c(c3)C3(c5ccccc5-c5ccccc53)c3ccccc3-4)c3c(C4=Nc5ccccc5C4)ccc4c3-c3cc5ccccc5cc3C4)cc2)cc1. The zero-order chi connectivity index (χ0) is 41.9. The van der Waals surface area contributed by atoms with Crippen LogP contribution in [-0.2, 0) is 18.3 Å². The van der Waals surface area contributed by atoms with Crippen LogP contribution in [0.1, 0.15) is 44.5 Å². The zero-order valence-corrected chi connectivity index (χ0v) is 35.1. The average molecular weight is 813 g/mol. The molecule has 0 saturated heterocycles. The highest BCUT2D eigenvalue weighted by Gasteiger charge is 2.51. The van der Waals surface area contributed by atoms with Gasteiger partial charge >= 0.3 is 0 Å². The minimum absolute atomic E-state index is 0.470. The number of hydrogen-bond donors (Lipinski definition) is 0. The zero-order valence-electron chi connectivity index (χ0n) is 35.1. The van der Waals surface area contributed by atoms with Gasteiger partial charge in [0.05, 0.1) is 22.5 Å². The molecule has 0 amide bonds. The van der Waals surface area contributed by atoms with Crippen molar-refractivity contribution in [2.24, 2.45) is 4.99 Å². The van der Waals surface area contributed by atoms with Crippen LogP contribution in [0.3, 0.4) is 0 Å². The number of hydrogen-bond acceptors (Lipinski definition) is 2. The molecule has 1 aliphatic heterocycles. The first-order valence-electron chi connectivity index (χ1n) is 22.5. The predicted octanol–water partition coefficient (Wildman–Crippen LogP) is 15.6. The van der Waals surface area contributed by atoms with Crippen molar-refractivity contribution < 1.29 is 0 Å². The van der Waals surface area contributed by atoms with Crippen molar-refractivity contribution in [2.75, 3.05) is 4.90 Å². The van der Waals surface area contributed by atoms with Crippen LogP contribution < -0.4 is 4.90 Å². The van der Waals surface area contributed by atoms with Gasteiger partial charge in [0, 0.05) is 28.9 Å². The maximum absolute atomic E-state index is 5.42. The van der Waals surface area contributed by atoms with Crippen LogP contribution in [0.15, 0.2) is 223 Å². The largest absolute Gasteiger partial charge is 0.309 e. The van der Waals surface area contributed by atoms with Gasteiger partial charge < -0.3 is 4.90 Å². The highest BCUT2D eigenvalue weighted by Crippen LogP contribution is 2.63. The predicted molar refractivity (Wildman–Crippen MR) is 265 cm³/mol. The van der Waals surface area contributed by atoms with Gasteiger partial charge in [0.25, 0.3) is 0 Å². The third-order valence-corrected chi connectivity index (χ3v) is 14.5. The fraction of sp³-hybridized carbons (Fsp3) is 0.0484. The topological polar surface area (TPSA) is 15.6 Å². The molecular formula is C62H40N2. The Bertz CT molecular complexity index is 3550. The molecule has 64 heavy (non-hydrogen) atoms. The highest BCUT2D eigenvalue weighted by molar-refractivity contribution is 6.15. The molecule has 0 atom stereocenters. The van der Waals surface area contributed by atoms with Gasteiger partial charge in [-0.2, -0.15) is 0 Å². The van der Waals surface area contributed by atoms with E-state index in [0.717, 1.165) is 41.2 Å². The van der Waals surface area contributed by atoms with E-state index in [1.54, 1.807) is 0 Å². The summed E-state index contributed by atoms with van der Waals surface area (Å²) in [7, 11) is 0. The van der Waals surface area contributed by atoms with Crippen molar-refractivity contribution in [3.8, 4) is 44.5 Å². The molecule has 0 radical (unpaired) electrons. The van der Waals surface area contributed by atoms with Gasteiger partial charge in [-0.3, -0.25) is 4.99 Å². The van der Waals surface area contributed by atoms with Gasteiger partial charge in [-0.1, -0.05) is 182 Å². The first-order valence-corrected chi connectivity index (χ1v) is 22.5. The third-order valence-electron chi connectivity index (χ3n) is 14.5. The molecule has 1 spiro atoms. The minimum Gasteiger partial charge on any atom is -0.309 e. The summed E-state index contributed by atoms with van der Waals surface area (Å²) in [5.41, 5.74) is 25.8. The molecule has 0 unspecified atom stereocenters. The lowest BCUT2D eigenvalue weighted by atomic mass is 9.70. The Morgan fingerprint density at radius 3 is 1.62 bits per heavy atom. The molecule has 3 aliphatic carbocycles. The monoisotopic (exact) mass is 812 g/mol. The van der Waals surface area contributed by atoms with Crippen molar-refractivity contribution >= 4 is 39.2 Å². The van der Waals surface area contributed by atoms with E-state index in [1.807, 2.05) is 0 Å². The molecule has 1 heterocycles. The van der Waals surface area contributed by atoms with Crippen LogP contribution in [0.25, 0.3) is 55.3 Å². The van der Waals surface area contributed by atoms with Crippen molar-refractivity contribution in [2.45, 2.75) is 18.3 Å². The van der Waals surface area contributed by atoms with E-state index in [4.69, 9.17) is 4.99 Å². The number of anilines is 3. The van der Waals surface area contributed by atoms with Crippen LogP contribution in [0.4, 0.5) is 22.7 Å². The first-order chi connectivity index (χ1) is 31.7. The van der Waals surface area contributed by atoms with E-state index < -0.39 is 5.41 Å². The Labute approximate surface area is 373 Å². The Hall–Kier alpha value is -8.07. The number of aliphatic imine (C=N–C) groups is 1. The van der Waals surface area contributed by atoms with E-state index in [-0.39, 0.29) is 0 Å². The average Bonchev–Trinajstić information content (AvgIpc) is 4.11. The Balaban J connectivity index is 1.07. The second-order valence-electron chi connectivity index (χ2n) is 17.8. The molecule has 0 N–H and O–H groups in total. The summed E-state index contributed by atoms with van der Waals surface area (Å²) in [6, 6.07) is 81.6. The van der Waals surface area contributed by atoms with Crippen LogP contribution in [0, 0.1) is 0 Å². The second-order valence-corrected chi connectivity index (χ2v) is 17.8. The number of para-hydroxylation sites is 1. The van der Waals surface area contributed by atoms with Crippen molar-refractivity contribution in [3.05, 3.63) is 263 Å². The fourth-order valence-electron chi connectivity index (χ4n) is 11.8. The lowest BCUT2D eigenvalue weighted by Gasteiger charge is -2.33. The normalized spacial score (nSPS) is 14.0. The summed E-state index contributed by atoms with van der Waals surface area (Å²) in [5.74, 6) is 0. The van der Waals surface area contributed by atoms with Crippen LogP contribution in [0.5, 0.6) is 0 Å². The lowest BCUT2D eigenvalue weighted by Crippen LogP contribution is -2.26. The van der Waals surface area contributed by atoms with E-state index >= 15 is 0 Å². The summed E-state index contributed by atoms with van der Waals surface area (Å²) in [5, 5.41) is 2.53. The smallest absolute Gasteiger partial charge is 0.0726 e.